The zero-order chi connectivity index (χ0) is 16.5. The highest BCUT2D eigenvalue weighted by molar-refractivity contribution is 6.46. The number of carbonyl (C=O) groups is 1. The smallest absolute Gasteiger partial charge is 0.459 e. The monoisotopic (exact) mass is 306 g/mol. The number of methoxy groups -OCH3 is 1. The lowest BCUT2D eigenvalue weighted by molar-refractivity contribution is -0.138. The molecule has 1 saturated heterocycles. The van der Waals surface area contributed by atoms with Gasteiger partial charge in [-0.3, -0.25) is 4.79 Å². The minimum atomic E-state index is -0.889. The molecule has 0 aromatic heterocycles. The molecule has 2 rings (SSSR count). The van der Waals surface area contributed by atoms with Gasteiger partial charge in [-0.25, -0.2) is 0 Å². The van der Waals surface area contributed by atoms with Crippen molar-refractivity contribution in [2.24, 2.45) is 0 Å². The molecule has 1 fully saturated rings. The van der Waals surface area contributed by atoms with E-state index in [4.69, 9.17) is 14.0 Å². The first kappa shape index (κ1) is 16.8. The van der Waals surface area contributed by atoms with Gasteiger partial charge in [-0.2, -0.15) is 0 Å². The summed E-state index contributed by atoms with van der Waals surface area (Å²) in [6.45, 7) is 7.82. The lowest BCUT2D eigenvalue weighted by atomic mass is 9.75. The van der Waals surface area contributed by atoms with Crippen LogP contribution in [0.3, 0.4) is 0 Å². The SMILES string of the molecule is COc1ccc(C(CB2OC(C)(C)C(C)(C)O2)C(=O)O)cc1. The number of ether oxygens (including phenoxy) is 1. The van der Waals surface area contributed by atoms with Gasteiger partial charge >= 0.3 is 13.1 Å². The van der Waals surface area contributed by atoms with Gasteiger partial charge in [-0.1, -0.05) is 12.1 Å². The van der Waals surface area contributed by atoms with E-state index in [1.165, 1.54) is 0 Å². The second kappa shape index (κ2) is 5.93. The van der Waals surface area contributed by atoms with Gasteiger partial charge in [0.25, 0.3) is 0 Å². The predicted octanol–water partition coefficient (Wildman–Crippen LogP) is 2.96. The molecule has 0 aliphatic carbocycles. The maximum Gasteiger partial charge on any atom is 0.459 e. The van der Waals surface area contributed by atoms with E-state index in [0.29, 0.717) is 11.3 Å². The third-order valence-electron chi connectivity index (χ3n) is 4.55. The van der Waals surface area contributed by atoms with E-state index in [1.807, 2.05) is 27.7 Å². The molecule has 1 aromatic carbocycles. The van der Waals surface area contributed by atoms with Gasteiger partial charge in [-0.05, 0) is 51.7 Å². The van der Waals surface area contributed by atoms with E-state index in [9.17, 15) is 9.90 Å². The summed E-state index contributed by atoms with van der Waals surface area (Å²) in [6.07, 6.45) is 0.272. The van der Waals surface area contributed by atoms with E-state index in [1.54, 1.807) is 31.4 Å². The summed E-state index contributed by atoms with van der Waals surface area (Å²) in [5.41, 5.74) is -0.204. The fourth-order valence-electron chi connectivity index (χ4n) is 2.47. The number of carboxylic acid groups (broad SMARTS) is 1. The van der Waals surface area contributed by atoms with E-state index >= 15 is 0 Å². The van der Waals surface area contributed by atoms with Crippen molar-refractivity contribution in [2.45, 2.75) is 51.1 Å². The topological polar surface area (TPSA) is 65.0 Å². The number of rotatable bonds is 5. The normalized spacial score (nSPS) is 20.7. The first-order chi connectivity index (χ1) is 10.2. The molecule has 1 aliphatic rings. The third-order valence-corrected chi connectivity index (χ3v) is 4.55. The molecule has 22 heavy (non-hydrogen) atoms. The van der Waals surface area contributed by atoms with Gasteiger partial charge in [0.2, 0.25) is 0 Å². The van der Waals surface area contributed by atoms with Gasteiger partial charge < -0.3 is 19.2 Å². The summed E-state index contributed by atoms with van der Waals surface area (Å²) in [5, 5.41) is 9.53. The number of hydrogen-bond acceptors (Lipinski definition) is 4. The number of carboxylic acids is 1. The molecule has 6 heteroatoms. The first-order valence-corrected chi connectivity index (χ1v) is 7.38. The standard InChI is InChI=1S/C16H23BO5/c1-15(2)16(3,4)22-17(21-15)10-13(14(18)19)11-6-8-12(20-5)9-7-11/h6-9,13H,10H2,1-5H3,(H,18,19). The zero-order valence-corrected chi connectivity index (χ0v) is 13.8. The Balaban J connectivity index is 2.15. The molecule has 1 heterocycles. The molecular formula is C16H23BO5. The van der Waals surface area contributed by atoms with E-state index in [-0.39, 0.29) is 6.32 Å². The highest BCUT2D eigenvalue weighted by Gasteiger charge is 2.51. The van der Waals surface area contributed by atoms with Crippen molar-refractivity contribution in [1.29, 1.82) is 0 Å². The molecule has 0 spiro atoms. The molecule has 0 amide bonds. The quantitative estimate of drug-likeness (QED) is 0.847. The van der Waals surface area contributed by atoms with Crippen molar-refractivity contribution >= 4 is 13.1 Å². The van der Waals surface area contributed by atoms with E-state index < -0.39 is 30.2 Å². The van der Waals surface area contributed by atoms with Crippen LogP contribution in [0, 0.1) is 0 Å². The third kappa shape index (κ3) is 3.28. The van der Waals surface area contributed by atoms with Crippen LogP contribution in [-0.4, -0.2) is 36.5 Å². The molecule has 0 bridgehead atoms. The van der Waals surface area contributed by atoms with Crippen LogP contribution in [0.2, 0.25) is 6.32 Å². The lowest BCUT2D eigenvalue weighted by Gasteiger charge is -2.32. The minimum Gasteiger partial charge on any atom is -0.497 e. The van der Waals surface area contributed by atoms with Crippen LogP contribution >= 0.6 is 0 Å². The molecule has 5 nitrogen and oxygen atoms in total. The highest BCUT2D eigenvalue weighted by atomic mass is 16.7. The van der Waals surface area contributed by atoms with Crippen LogP contribution in [0.1, 0.15) is 39.2 Å². The Bertz CT molecular complexity index is 522. The largest absolute Gasteiger partial charge is 0.497 e. The summed E-state index contributed by atoms with van der Waals surface area (Å²) < 4.78 is 16.9. The Morgan fingerprint density at radius 3 is 2.09 bits per heavy atom. The van der Waals surface area contributed by atoms with Crippen molar-refractivity contribution in [1.82, 2.24) is 0 Å². The average molecular weight is 306 g/mol. The summed E-state index contributed by atoms with van der Waals surface area (Å²) in [6, 6.07) is 7.05. The molecular weight excluding hydrogens is 283 g/mol. The van der Waals surface area contributed by atoms with E-state index in [0.717, 1.165) is 0 Å². The second-order valence-corrected chi connectivity index (χ2v) is 6.59. The van der Waals surface area contributed by atoms with Crippen LogP contribution in [0.5, 0.6) is 5.75 Å². The summed E-state index contributed by atoms with van der Waals surface area (Å²) in [5.74, 6) is -0.871. The maximum atomic E-state index is 11.6. The van der Waals surface area contributed by atoms with Crippen molar-refractivity contribution < 1.29 is 23.9 Å². The predicted molar refractivity (Wildman–Crippen MR) is 84.3 cm³/mol. The fourth-order valence-corrected chi connectivity index (χ4v) is 2.47. The molecule has 1 atom stereocenters. The Morgan fingerprint density at radius 1 is 1.18 bits per heavy atom. The summed E-state index contributed by atoms with van der Waals surface area (Å²) in [4.78, 5) is 11.6. The van der Waals surface area contributed by atoms with Crippen LogP contribution in [-0.2, 0) is 14.1 Å². The first-order valence-electron chi connectivity index (χ1n) is 7.38. The minimum absolute atomic E-state index is 0.272. The molecule has 0 saturated carbocycles. The van der Waals surface area contributed by atoms with E-state index in [2.05, 4.69) is 0 Å². The molecule has 1 aromatic rings. The average Bonchev–Trinajstić information content (AvgIpc) is 2.64. The molecule has 120 valence electrons. The summed E-state index contributed by atoms with van der Waals surface area (Å²) in [7, 11) is 1.04. The Hall–Kier alpha value is -1.53. The molecule has 1 unspecified atom stereocenters. The van der Waals surface area contributed by atoms with Crippen LogP contribution in [0.25, 0.3) is 0 Å². The number of benzene rings is 1. The van der Waals surface area contributed by atoms with Gasteiger partial charge in [0.15, 0.2) is 0 Å². The number of hydrogen-bond donors (Lipinski definition) is 1. The van der Waals surface area contributed by atoms with Gasteiger partial charge in [-0.15, -0.1) is 0 Å². The molecule has 1 N–H and O–H groups in total. The van der Waals surface area contributed by atoms with Gasteiger partial charge in [0.05, 0.1) is 24.2 Å². The Labute approximate surface area is 131 Å². The van der Waals surface area contributed by atoms with Crippen molar-refractivity contribution in [3.8, 4) is 5.75 Å². The van der Waals surface area contributed by atoms with Crippen LogP contribution in [0.4, 0.5) is 0 Å². The van der Waals surface area contributed by atoms with Crippen molar-refractivity contribution in [2.75, 3.05) is 7.11 Å². The fraction of sp³-hybridized carbons (Fsp3) is 0.562. The Kier molecular flexibility index (Phi) is 4.54. The molecule has 1 aliphatic heterocycles. The lowest BCUT2D eigenvalue weighted by Crippen LogP contribution is -2.41. The van der Waals surface area contributed by atoms with Crippen molar-refractivity contribution in [3.05, 3.63) is 29.8 Å². The highest BCUT2D eigenvalue weighted by Crippen LogP contribution is 2.39. The Morgan fingerprint density at radius 2 is 1.68 bits per heavy atom. The van der Waals surface area contributed by atoms with Crippen molar-refractivity contribution in [3.63, 3.8) is 0 Å². The molecule has 0 radical (unpaired) electrons. The number of aliphatic carboxylic acids is 1. The summed E-state index contributed by atoms with van der Waals surface area (Å²) >= 11 is 0. The van der Waals surface area contributed by atoms with Gasteiger partial charge in [0, 0.05) is 0 Å². The maximum absolute atomic E-state index is 11.6. The van der Waals surface area contributed by atoms with Crippen LogP contribution < -0.4 is 4.74 Å². The van der Waals surface area contributed by atoms with Gasteiger partial charge in [0.1, 0.15) is 5.75 Å². The van der Waals surface area contributed by atoms with Crippen LogP contribution in [0.15, 0.2) is 24.3 Å². The second-order valence-electron chi connectivity index (χ2n) is 6.59. The zero-order valence-electron chi connectivity index (χ0n) is 13.8.